The highest BCUT2D eigenvalue weighted by molar-refractivity contribution is 7.98. The quantitative estimate of drug-likeness (QED) is 0.212. The molecule has 10 nitrogen and oxygen atoms in total. The second kappa shape index (κ2) is 14.2. The van der Waals surface area contributed by atoms with Crippen molar-refractivity contribution in [2.24, 2.45) is 5.92 Å². The van der Waals surface area contributed by atoms with Gasteiger partial charge in [-0.05, 0) is 61.8 Å². The number of rotatable bonds is 14. The molecule has 1 aliphatic rings. The van der Waals surface area contributed by atoms with Crippen molar-refractivity contribution in [1.82, 2.24) is 26.3 Å². The third-order valence-electron chi connectivity index (χ3n) is 6.67. The number of aromatic nitrogens is 1. The van der Waals surface area contributed by atoms with Crippen LogP contribution in [0.15, 0.2) is 30.5 Å². The van der Waals surface area contributed by atoms with E-state index in [0.717, 1.165) is 29.4 Å². The lowest BCUT2D eigenvalue weighted by atomic mass is 10.0. The maximum absolute atomic E-state index is 13.4. The largest absolute Gasteiger partial charge is 0.480 e. The molecule has 2 heterocycles. The number of H-pyrrole nitrogens is 1. The van der Waals surface area contributed by atoms with Gasteiger partial charge in [-0.15, -0.1) is 0 Å². The molecule has 0 bridgehead atoms. The lowest BCUT2D eigenvalue weighted by Crippen LogP contribution is -2.57. The van der Waals surface area contributed by atoms with Gasteiger partial charge in [0.2, 0.25) is 17.7 Å². The first-order valence-corrected chi connectivity index (χ1v) is 14.5. The Hall–Kier alpha value is -3.05. The summed E-state index contributed by atoms with van der Waals surface area (Å²) in [5, 5.41) is 22.0. The standard InChI is InChI=1S/C27H39N5O5S/c1-16(2)13-23(27(36)37)32-26(35)22(14-17-15-29-19-8-5-4-7-18(17)19)31-25(34)21(10-12-38-3)30-24(33)20-9-6-11-28-20/h4-5,7-8,15-16,20-23,28-29H,6,9-14H2,1-3H3,(H,30,33)(H,31,34)(H,32,35)(H,36,37). The molecule has 1 saturated heterocycles. The number of carbonyl (C=O) groups is 4. The summed E-state index contributed by atoms with van der Waals surface area (Å²) in [6.45, 7) is 4.52. The van der Waals surface area contributed by atoms with Gasteiger partial charge in [0.25, 0.3) is 0 Å². The molecule has 6 N–H and O–H groups in total. The van der Waals surface area contributed by atoms with Crippen LogP contribution in [0, 0.1) is 5.92 Å². The van der Waals surface area contributed by atoms with Gasteiger partial charge in [-0.1, -0.05) is 32.0 Å². The molecule has 0 radical (unpaired) electrons. The number of thioether (sulfide) groups is 1. The molecule has 0 saturated carbocycles. The zero-order chi connectivity index (χ0) is 27.7. The smallest absolute Gasteiger partial charge is 0.326 e. The molecule has 1 aliphatic heterocycles. The number of carboxylic acids is 1. The van der Waals surface area contributed by atoms with E-state index in [2.05, 4.69) is 26.3 Å². The van der Waals surface area contributed by atoms with Crippen LogP contribution in [0.4, 0.5) is 0 Å². The average molecular weight is 546 g/mol. The highest BCUT2D eigenvalue weighted by atomic mass is 32.2. The first kappa shape index (κ1) is 29.5. The number of aliphatic carboxylic acids is 1. The van der Waals surface area contributed by atoms with Crippen LogP contribution in [-0.2, 0) is 25.6 Å². The Balaban J connectivity index is 1.82. The average Bonchev–Trinajstić information content (AvgIpc) is 3.56. The van der Waals surface area contributed by atoms with Crippen LogP contribution in [-0.4, -0.2) is 76.5 Å². The van der Waals surface area contributed by atoms with Crippen molar-refractivity contribution >= 4 is 46.4 Å². The van der Waals surface area contributed by atoms with Crippen LogP contribution >= 0.6 is 11.8 Å². The van der Waals surface area contributed by atoms with Crippen LogP contribution in [0.3, 0.4) is 0 Å². The van der Waals surface area contributed by atoms with Crippen LogP contribution < -0.4 is 21.3 Å². The zero-order valence-electron chi connectivity index (χ0n) is 22.2. The first-order valence-electron chi connectivity index (χ1n) is 13.1. The topological polar surface area (TPSA) is 152 Å². The fourth-order valence-corrected chi connectivity index (χ4v) is 5.12. The summed E-state index contributed by atoms with van der Waals surface area (Å²) in [6.07, 6.45) is 6.13. The van der Waals surface area contributed by atoms with Gasteiger partial charge in [-0.25, -0.2) is 4.79 Å². The van der Waals surface area contributed by atoms with E-state index in [1.54, 1.807) is 18.0 Å². The SMILES string of the molecule is CSCCC(NC(=O)C1CCCN1)C(=O)NC(Cc1c[nH]c2ccccc12)C(=O)NC(CC(C)C)C(=O)O. The molecule has 11 heteroatoms. The van der Waals surface area contributed by atoms with Crippen molar-refractivity contribution in [3.63, 3.8) is 0 Å². The minimum atomic E-state index is -1.13. The molecule has 2 aromatic rings. The molecule has 4 unspecified atom stereocenters. The molecule has 1 fully saturated rings. The second-order valence-corrected chi connectivity index (χ2v) is 11.1. The Morgan fingerprint density at radius 3 is 2.42 bits per heavy atom. The fraction of sp³-hybridized carbons (Fsp3) is 0.556. The Morgan fingerprint density at radius 1 is 1.05 bits per heavy atom. The highest BCUT2D eigenvalue weighted by Gasteiger charge is 2.32. The summed E-state index contributed by atoms with van der Waals surface area (Å²) in [7, 11) is 0. The third-order valence-corrected chi connectivity index (χ3v) is 7.32. The molecule has 38 heavy (non-hydrogen) atoms. The molecule has 0 spiro atoms. The number of fused-ring (bicyclic) bond motifs is 1. The summed E-state index contributed by atoms with van der Waals surface area (Å²) < 4.78 is 0. The minimum Gasteiger partial charge on any atom is -0.480 e. The van der Waals surface area contributed by atoms with Crippen molar-refractivity contribution in [1.29, 1.82) is 0 Å². The van der Waals surface area contributed by atoms with Crippen molar-refractivity contribution < 1.29 is 24.3 Å². The van der Waals surface area contributed by atoms with Gasteiger partial charge in [0, 0.05) is 23.5 Å². The summed E-state index contributed by atoms with van der Waals surface area (Å²) in [4.78, 5) is 54.6. The van der Waals surface area contributed by atoms with Crippen molar-refractivity contribution in [2.75, 3.05) is 18.6 Å². The van der Waals surface area contributed by atoms with Gasteiger partial charge >= 0.3 is 5.97 Å². The monoisotopic (exact) mass is 545 g/mol. The number of carboxylic acid groups (broad SMARTS) is 1. The molecule has 3 rings (SSSR count). The third kappa shape index (κ3) is 8.22. The lowest BCUT2D eigenvalue weighted by Gasteiger charge is -2.25. The Kier molecular flexibility index (Phi) is 11.0. The Labute approximate surface area is 227 Å². The zero-order valence-corrected chi connectivity index (χ0v) is 23.0. The Bertz CT molecular complexity index is 1110. The van der Waals surface area contributed by atoms with E-state index >= 15 is 0 Å². The number of nitrogens with one attached hydrogen (secondary N) is 5. The van der Waals surface area contributed by atoms with E-state index in [9.17, 15) is 24.3 Å². The van der Waals surface area contributed by atoms with Crippen LogP contribution in [0.2, 0.25) is 0 Å². The van der Waals surface area contributed by atoms with Gasteiger partial charge in [0.1, 0.15) is 18.1 Å². The van der Waals surface area contributed by atoms with E-state index < -0.39 is 35.9 Å². The predicted octanol–water partition coefficient (Wildman–Crippen LogP) is 1.80. The number of aromatic amines is 1. The molecule has 4 atom stereocenters. The van der Waals surface area contributed by atoms with Crippen LogP contribution in [0.25, 0.3) is 10.9 Å². The number of para-hydroxylation sites is 1. The molecule has 208 valence electrons. The van der Waals surface area contributed by atoms with Crippen molar-refractivity contribution in [3.8, 4) is 0 Å². The van der Waals surface area contributed by atoms with Gasteiger partial charge in [0.05, 0.1) is 6.04 Å². The summed E-state index contributed by atoms with van der Waals surface area (Å²) in [5.41, 5.74) is 1.71. The van der Waals surface area contributed by atoms with Crippen LogP contribution in [0.5, 0.6) is 0 Å². The van der Waals surface area contributed by atoms with E-state index in [4.69, 9.17) is 0 Å². The normalized spacial score (nSPS) is 17.6. The number of benzene rings is 1. The summed E-state index contributed by atoms with van der Waals surface area (Å²) in [5.74, 6) is -1.72. The van der Waals surface area contributed by atoms with Gasteiger partial charge in [-0.2, -0.15) is 11.8 Å². The van der Waals surface area contributed by atoms with Gasteiger partial charge in [0.15, 0.2) is 0 Å². The fourth-order valence-electron chi connectivity index (χ4n) is 4.65. The molecule has 0 aliphatic carbocycles. The van der Waals surface area contributed by atoms with Crippen LogP contribution in [0.1, 0.15) is 45.1 Å². The number of amides is 3. The molecule has 3 amide bonds. The molecule has 1 aromatic heterocycles. The molecular formula is C27H39N5O5S. The maximum atomic E-state index is 13.4. The summed E-state index contributed by atoms with van der Waals surface area (Å²) >= 11 is 1.56. The minimum absolute atomic E-state index is 0.0494. The lowest BCUT2D eigenvalue weighted by molar-refractivity contribution is -0.142. The van der Waals surface area contributed by atoms with Gasteiger partial charge < -0.3 is 31.4 Å². The summed E-state index contributed by atoms with van der Waals surface area (Å²) in [6, 6.07) is 4.36. The maximum Gasteiger partial charge on any atom is 0.326 e. The second-order valence-electron chi connectivity index (χ2n) is 10.1. The predicted molar refractivity (Wildman–Crippen MR) is 149 cm³/mol. The highest BCUT2D eigenvalue weighted by Crippen LogP contribution is 2.20. The number of carbonyl (C=O) groups excluding carboxylic acids is 3. The van der Waals surface area contributed by atoms with Gasteiger partial charge in [-0.3, -0.25) is 14.4 Å². The van der Waals surface area contributed by atoms with E-state index in [-0.39, 0.29) is 30.7 Å². The number of hydrogen-bond acceptors (Lipinski definition) is 6. The first-order chi connectivity index (χ1) is 18.2. The van der Waals surface area contributed by atoms with E-state index in [1.807, 2.05) is 44.4 Å². The Morgan fingerprint density at radius 2 is 1.76 bits per heavy atom. The van der Waals surface area contributed by atoms with Crippen molar-refractivity contribution in [3.05, 3.63) is 36.0 Å². The van der Waals surface area contributed by atoms with E-state index in [1.165, 1.54) is 0 Å². The molecular weight excluding hydrogens is 506 g/mol. The van der Waals surface area contributed by atoms with E-state index in [0.29, 0.717) is 18.6 Å². The molecule has 1 aromatic carbocycles. The number of hydrogen-bond donors (Lipinski definition) is 6. The van der Waals surface area contributed by atoms with Crippen molar-refractivity contribution in [2.45, 2.75) is 70.1 Å².